The highest BCUT2D eigenvalue weighted by molar-refractivity contribution is 6.71. The van der Waals surface area contributed by atoms with Crippen LogP contribution >= 0.6 is 34.8 Å². The average Bonchev–Trinajstić information content (AvgIpc) is 1.86. The van der Waals surface area contributed by atoms with E-state index >= 15 is 0 Å². The number of halogens is 3. The van der Waals surface area contributed by atoms with Gasteiger partial charge in [-0.1, -0.05) is 47.0 Å². The van der Waals surface area contributed by atoms with Crippen LogP contribution in [0.1, 0.15) is 6.42 Å². The number of hydrogen-bond acceptors (Lipinski definition) is 1. The van der Waals surface area contributed by atoms with Crippen LogP contribution in [0.25, 0.3) is 0 Å². The summed E-state index contributed by atoms with van der Waals surface area (Å²) in [6, 6.07) is 0. The second kappa shape index (κ2) is 3.18. The molecule has 0 heterocycles. The molecular formula is C7H5Cl3O. The molecule has 0 aliphatic heterocycles. The molecule has 0 radical (unpaired) electrons. The van der Waals surface area contributed by atoms with Gasteiger partial charge >= 0.3 is 0 Å². The van der Waals surface area contributed by atoms with Crippen LogP contribution in [-0.2, 0) is 4.79 Å². The second-order valence-corrected chi connectivity index (χ2v) is 4.40. The predicted molar refractivity (Wildman–Crippen MR) is 47.1 cm³/mol. The molecule has 0 saturated heterocycles. The van der Waals surface area contributed by atoms with Gasteiger partial charge < -0.3 is 0 Å². The molecule has 1 aliphatic rings. The van der Waals surface area contributed by atoms with E-state index in [2.05, 4.69) is 0 Å². The summed E-state index contributed by atoms with van der Waals surface area (Å²) in [5, 5.41) is 0. The van der Waals surface area contributed by atoms with Gasteiger partial charge in [0.15, 0.2) is 5.78 Å². The first-order chi connectivity index (χ1) is 5.02. The van der Waals surface area contributed by atoms with Crippen molar-refractivity contribution in [1.29, 1.82) is 0 Å². The standard InChI is InChI=1S/C7H5Cl3O/c8-7(9,10)5-3-1-2-4-6(5)11/h2-4H,1H2. The SMILES string of the molecule is O=C1C=CCC=C1C(Cl)(Cl)Cl. The van der Waals surface area contributed by atoms with Crippen LogP contribution in [0, 0.1) is 0 Å². The van der Waals surface area contributed by atoms with Gasteiger partial charge in [-0.15, -0.1) is 0 Å². The zero-order valence-corrected chi connectivity index (χ0v) is 7.75. The summed E-state index contributed by atoms with van der Waals surface area (Å²) < 4.78 is -1.58. The third-order valence-electron chi connectivity index (χ3n) is 1.30. The quantitative estimate of drug-likeness (QED) is 0.563. The summed E-state index contributed by atoms with van der Waals surface area (Å²) in [5.41, 5.74) is 0.241. The Bertz CT molecular complexity index is 235. The molecule has 1 nitrogen and oxygen atoms in total. The van der Waals surface area contributed by atoms with E-state index in [0.29, 0.717) is 6.42 Å². The van der Waals surface area contributed by atoms with Crippen molar-refractivity contribution < 1.29 is 4.79 Å². The number of carbonyl (C=O) groups is 1. The van der Waals surface area contributed by atoms with Crippen molar-refractivity contribution in [3.05, 3.63) is 23.8 Å². The Balaban J connectivity index is 2.89. The summed E-state index contributed by atoms with van der Waals surface area (Å²) in [5.74, 6) is -0.226. The van der Waals surface area contributed by atoms with E-state index < -0.39 is 3.79 Å². The summed E-state index contributed by atoms with van der Waals surface area (Å²) in [4.78, 5) is 11.0. The minimum absolute atomic E-state index is 0.226. The van der Waals surface area contributed by atoms with Crippen molar-refractivity contribution in [3.8, 4) is 0 Å². The lowest BCUT2D eigenvalue weighted by Crippen LogP contribution is -2.16. The van der Waals surface area contributed by atoms with Gasteiger partial charge in [-0.25, -0.2) is 0 Å². The van der Waals surface area contributed by atoms with Crippen LogP contribution in [0.2, 0.25) is 0 Å². The highest BCUT2D eigenvalue weighted by atomic mass is 35.6. The molecule has 1 aliphatic carbocycles. The van der Waals surface area contributed by atoms with Crippen molar-refractivity contribution in [2.45, 2.75) is 10.2 Å². The molecule has 0 aromatic carbocycles. The molecule has 0 atom stereocenters. The Morgan fingerprint density at radius 1 is 1.36 bits per heavy atom. The van der Waals surface area contributed by atoms with E-state index in [9.17, 15) is 4.79 Å². The van der Waals surface area contributed by atoms with E-state index in [0.717, 1.165) is 0 Å². The molecule has 0 N–H and O–H groups in total. The maximum atomic E-state index is 11.0. The van der Waals surface area contributed by atoms with E-state index in [1.807, 2.05) is 0 Å². The van der Waals surface area contributed by atoms with Gasteiger partial charge in [0.2, 0.25) is 3.79 Å². The molecular weight excluding hydrogens is 206 g/mol. The zero-order valence-electron chi connectivity index (χ0n) is 5.48. The molecule has 0 unspecified atom stereocenters. The lowest BCUT2D eigenvalue weighted by molar-refractivity contribution is -0.111. The van der Waals surface area contributed by atoms with Crippen molar-refractivity contribution >= 4 is 40.6 Å². The van der Waals surface area contributed by atoms with Crippen LogP contribution in [0.3, 0.4) is 0 Å². The number of carbonyl (C=O) groups excluding carboxylic acids is 1. The summed E-state index contributed by atoms with van der Waals surface area (Å²) >= 11 is 16.5. The normalized spacial score (nSPS) is 18.5. The van der Waals surface area contributed by atoms with E-state index in [-0.39, 0.29) is 11.4 Å². The number of rotatable bonds is 0. The van der Waals surface area contributed by atoms with E-state index in [4.69, 9.17) is 34.8 Å². The second-order valence-electron chi connectivity index (χ2n) is 2.12. The van der Waals surface area contributed by atoms with Gasteiger partial charge in [-0.3, -0.25) is 4.79 Å². The largest absolute Gasteiger partial charge is 0.290 e. The van der Waals surface area contributed by atoms with Crippen molar-refractivity contribution in [3.63, 3.8) is 0 Å². The molecule has 0 fully saturated rings. The minimum Gasteiger partial charge on any atom is -0.290 e. The molecule has 0 bridgehead atoms. The number of ketones is 1. The molecule has 0 amide bonds. The van der Waals surface area contributed by atoms with Crippen LogP contribution in [-0.4, -0.2) is 9.58 Å². The van der Waals surface area contributed by atoms with Crippen LogP contribution in [0.5, 0.6) is 0 Å². The first-order valence-electron chi connectivity index (χ1n) is 3.00. The van der Waals surface area contributed by atoms with E-state index in [1.165, 1.54) is 6.08 Å². The first-order valence-corrected chi connectivity index (χ1v) is 4.13. The summed E-state index contributed by atoms with van der Waals surface area (Å²) in [7, 11) is 0. The molecule has 1 rings (SSSR count). The highest BCUT2D eigenvalue weighted by Gasteiger charge is 2.30. The van der Waals surface area contributed by atoms with Gasteiger partial charge in [0.25, 0.3) is 0 Å². The summed E-state index contributed by atoms with van der Waals surface area (Å²) in [6.45, 7) is 0. The van der Waals surface area contributed by atoms with Crippen LogP contribution in [0.15, 0.2) is 23.8 Å². The van der Waals surface area contributed by atoms with E-state index in [1.54, 1.807) is 12.2 Å². The highest BCUT2D eigenvalue weighted by Crippen LogP contribution is 2.36. The molecule has 0 spiro atoms. The Labute approximate surface area is 79.6 Å². The van der Waals surface area contributed by atoms with Crippen LogP contribution < -0.4 is 0 Å². The molecule has 0 aromatic rings. The third kappa shape index (κ3) is 2.22. The maximum Gasteiger partial charge on any atom is 0.219 e. The van der Waals surface area contributed by atoms with Gasteiger partial charge in [-0.2, -0.15) is 0 Å². The fourth-order valence-electron chi connectivity index (χ4n) is 0.807. The predicted octanol–water partition coefficient (Wildman–Crippen LogP) is 2.81. The van der Waals surface area contributed by atoms with Gasteiger partial charge in [0.05, 0.1) is 0 Å². The Morgan fingerprint density at radius 2 is 2.00 bits per heavy atom. The number of alkyl halides is 3. The average molecular weight is 211 g/mol. The van der Waals surface area contributed by atoms with Crippen molar-refractivity contribution in [1.82, 2.24) is 0 Å². The third-order valence-corrected chi connectivity index (χ3v) is 1.91. The van der Waals surface area contributed by atoms with Gasteiger partial charge in [-0.05, 0) is 12.5 Å². The number of hydrogen-bond donors (Lipinski definition) is 0. The fourth-order valence-corrected chi connectivity index (χ4v) is 1.32. The van der Waals surface area contributed by atoms with Crippen molar-refractivity contribution in [2.24, 2.45) is 0 Å². The Morgan fingerprint density at radius 3 is 2.36 bits per heavy atom. The minimum atomic E-state index is -1.58. The monoisotopic (exact) mass is 210 g/mol. The molecule has 4 heteroatoms. The Kier molecular flexibility index (Phi) is 2.63. The number of allylic oxidation sites excluding steroid dienone is 4. The molecule has 60 valence electrons. The lowest BCUT2D eigenvalue weighted by Gasteiger charge is -2.14. The molecule has 0 saturated carbocycles. The van der Waals surface area contributed by atoms with Crippen LogP contribution in [0.4, 0.5) is 0 Å². The zero-order chi connectivity index (χ0) is 8.48. The first kappa shape index (κ1) is 9.11. The smallest absolute Gasteiger partial charge is 0.219 e. The maximum absolute atomic E-state index is 11.0. The topological polar surface area (TPSA) is 17.1 Å². The molecule has 11 heavy (non-hydrogen) atoms. The lowest BCUT2D eigenvalue weighted by atomic mass is 10.1. The van der Waals surface area contributed by atoms with Crippen molar-refractivity contribution in [2.75, 3.05) is 0 Å². The Hall–Kier alpha value is 0.0200. The fraction of sp³-hybridized carbons (Fsp3) is 0.286. The summed E-state index contributed by atoms with van der Waals surface area (Å²) in [6.07, 6.45) is 5.41. The van der Waals surface area contributed by atoms with Gasteiger partial charge in [0, 0.05) is 5.57 Å². The molecule has 0 aromatic heterocycles. The van der Waals surface area contributed by atoms with Gasteiger partial charge in [0.1, 0.15) is 0 Å².